The van der Waals surface area contributed by atoms with E-state index in [2.05, 4.69) is 4.74 Å². The van der Waals surface area contributed by atoms with E-state index < -0.39 is 85.7 Å². The highest BCUT2D eigenvalue weighted by atomic mass is 19.4. The average Bonchev–Trinajstić information content (AvgIpc) is 0.701. The minimum absolute atomic E-state index is 0.00727. The number of alkyl halides is 21. The number of hydrogen-bond donors (Lipinski definition) is 1. The first-order valence-corrected chi connectivity index (χ1v) is 26.8. The average molecular weight is 1360 g/mol. The van der Waals surface area contributed by atoms with Crippen LogP contribution < -0.4 is 0 Å². The Balaban J connectivity index is 3.73. The van der Waals surface area contributed by atoms with E-state index in [1.54, 1.807) is 0 Å². The predicted octanol–water partition coefficient (Wildman–Crippen LogP) is 6.95. The van der Waals surface area contributed by atoms with Crippen LogP contribution in [0, 0.1) is 0 Å². The van der Waals surface area contributed by atoms with E-state index in [0.717, 1.165) is 0 Å². The Morgan fingerprint density at radius 3 is 0.432 bits per heavy atom. The van der Waals surface area contributed by atoms with E-state index >= 15 is 0 Å². The molecule has 1 N–H and O–H groups in total. The Hall–Kier alpha value is -2.23. The maximum absolute atomic E-state index is 14.1. The van der Waals surface area contributed by atoms with Gasteiger partial charge in [0.2, 0.25) is 0 Å². The molecule has 0 bridgehead atoms. The number of ether oxygens (including phenoxy) is 18. The van der Waals surface area contributed by atoms with E-state index in [0.29, 0.717) is 165 Å². The molecule has 0 saturated carbocycles. The lowest BCUT2D eigenvalue weighted by molar-refractivity contribution is -0.474. The van der Waals surface area contributed by atoms with E-state index in [1.165, 1.54) is 0 Å². The van der Waals surface area contributed by atoms with Crippen molar-refractivity contribution in [3.8, 4) is 0 Å². The molecule has 19 nitrogen and oxygen atoms in total. The molecule has 40 heteroatoms. The summed E-state index contributed by atoms with van der Waals surface area (Å²) in [4.78, 5) is 0. The number of hydrogen-bond acceptors (Lipinski definition) is 19. The summed E-state index contributed by atoms with van der Waals surface area (Å²) in [6, 6.07) is 0. The van der Waals surface area contributed by atoms with Crippen molar-refractivity contribution in [1.82, 2.24) is 0 Å². The number of halogens is 21. The van der Waals surface area contributed by atoms with E-state index in [4.69, 9.17) is 85.6 Å². The molecule has 0 rings (SSSR count). The first-order valence-electron chi connectivity index (χ1n) is 26.8. The molecular formula is C48H77F21O19. The van der Waals surface area contributed by atoms with Crippen molar-refractivity contribution in [2.24, 2.45) is 0 Å². The molecule has 0 aromatic carbocycles. The van der Waals surface area contributed by atoms with Gasteiger partial charge in [0.15, 0.2) is 0 Å². The molecule has 0 heterocycles. The summed E-state index contributed by atoms with van der Waals surface area (Å²) in [7, 11) is 0. The standard InChI is InChI=1S/C48H77F21O19/c49-39(50,40(51,52)41(53,54)42(55,56)43(57,58)44(59,60)45(61,62)46(63,64)47(65,66)48(67,68)69)1-3-71-5-7-73-9-11-75-13-15-77-17-19-79-21-23-81-25-27-83-29-31-85-33-35-87-37-38-88-36-34-86-32-30-84-28-26-82-24-22-80-20-18-78-16-14-76-12-10-74-8-6-72-4-2-70/h70H,1-38H2. The van der Waals surface area contributed by atoms with Gasteiger partial charge in [-0.1, -0.05) is 0 Å². The number of aliphatic hydroxyl groups excluding tert-OH is 1. The number of aliphatic hydroxyl groups is 1. The van der Waals surface area contributed by atoms with Gasteiger partial charge in [-0.2, -0.15) is 92.2 Å². The van der Waals surface area contributed by atoms with Gasteiger partial charge >= 0.3 is 59.5 Å². The topological polar surface area (TPSA) is 186 Å². The molecule has 0 aromatic heterocycles. The van der Waals surface area contributed by atoms with Gasteiger partial charge in [-0.25, -0.2) is 0 Å². The molecule has 0 spiro atoms. The second-order valence-corrected chi connectivity index (χ2v) is 17.3. The van der Waals surface area contributed by atoms with E-state index in [9.17, 15) is 92.2 Å². The first kappa shape index (κ1) is 85.8. The third-order valence-electron chi connectivity index (χ3n) is 10.7. The normalized spacial score (nSPS) is 13.8. The summed E-state index contributed by atoms with van der Waals surface area (Å²) in [5.74, 6) is -77.3. The summed E-state index contributed by atoms with van der Waals surface area (Å²) >= 11 is 0. The Kier molecular flexibility index (Phi) is 44.8. The monoisotopic (exact) mass is 1360 g/mol. The first-order chi connectivity index (χ1) is 41.3. The molecule has 0 aromatic rings. The van der Waals surface area contributed by atoms with E-state index in [-0.39, 0.29) is 59.5 Å². The SMILES string of the molecule is OCCOCCOCCOCCOCCOCCOCCOCCOCCOCCOCCOCCOCCOCCOCCOCCOCCOCCOCCC(F)(F)C(F)(F)C(F)(F)C(F)(F)C(F)(F)C(F)(F)C(F)(F)C(F)(F)C(F)(F)C(F)(F)F. The fraction of sp³-hybridized carbons (Fsp3) is 1.00. The molecule has 0 atom stereocenters. The van der Waals surface area contributed by atoms with Gasteiger partial charge in [0, 0.05) is 6.42 Å². The lowest BCUT2D eigenvalue weighted by Gasteiger charge is -2.44. The van der Waals surface area contributed by atoms with Crippen LogP contribution in [0.2, 0.25) is 0 Å². The third-order valence-corrected chi connectivity index (χ3v) is 10.7. The minimum Gasteiger partial charge on any atom is -0.394 e. The van der Waals surface area contributed by atoms with Gasteiger partial charge in [-0.05, 0) is 0 Å². The molecule has 0 amide bonds. The summed E-state index contributed by atoms with van der Waals surface area (Å²) in [5, 5.41) is 8.59. The Labute approximate surface area is 492 Å². The maximum Gasteiger partial charge on any atom is 0.460 e. The molecule has 88 heavy (non-hydrogen) atoms. The van der Waals surface area contributed by atoms with Crippen molar-refractivity contribution >= 4 is 0 Å². The Bertz CT molecular complexity index is 1670. The van der Waals surface area contributed by atoms with Crippen molar-refractivity contribution in [2.75, 3.05) is 244 Å². The van der Waals surface area contributed by atoms with Crippen LogP contribution in [0.1, 0.15) is 6.42 Å². The van der Waals surface area contributed by atoms with Crippen molar-refractivity contribution in [2.45, 2.75) is 65.9 Å². The smallest absolute Gasteiger partial charge is 0.394 e. The van der Waals surface area contributed by atoms with Crippen LogP contribution in [-0.4, -0.2) is 309 Å². The molecule has 0 saturated heterocycles. The second kappa shape index (κ2) is 46.0. The molecule has 0 aliphatic heterocycles. The quantitative estimate of drug-likeness (QED) is 0.0487. The lowest BCUT2D eigenvalue weighted by Crippen LogP contribution is -2.76. The second-order valence-electron chi connectivity index (χ2n) is 17.3. The maximum atomic E-state index is 14.1. The van der Waals surface area contributed by atoms with Gasteiger partial charge in [0.25, 0.3) is 0 Å². The Morgan fingerprint density at radius 2 is 0.284 bits per heavy atom. The lowest BCUT2D eigenvalue weighted by atomic mass is 9.86. The minimum atomic E-state index is -9.22. The van der Waals surface area contributed by atoms with Crippen LogP contribution in [0.4, 0.5) is 92.2 Å². The van der Waals surface area contributed by atoms with Crippen LogP contribution in [0.25, 0.3) is 0 Å². The van der Waals surface area contributed by atoms with Crippen molar-refractivity contribution < 1.29 is 183 Å². The largest absolute Gasteiger partial charge is 0.460 e. The fourth-order valence-corrected chi connectivity index (χ4v) is 5.85. The zero-order valence-corrected chi connectivity index (χ0v) is 47.6. The van der Waals surface area contributed by atoms with Crippen LogP contribution in [0.15, 0.2) is 0 Å². The molecule has 530 valence electrons. The third kappa shape index (κ3) is 30.7. The molecule has 0 aliphatic carbocycles. The highest BCUT2D eigenvalue weighted by Crippen LogP contribution is 2.66. The summed E-state index contributed by atoms with van der Waals surface area (Å²) in [6.07, 6.45) is -10.9. The fourth-order valence-electron chi connectivity index (χ4n) is 5.85. The summed E-state index contributed by atoms with van der Waals surface area (Å²) in [5.41, 5.74) is 0. The van der Waals surface area contributed by atoms with Crippen molar-refractivity contribution in [3.63, 3.8) is 0 Å². The zero-order chi connectivity index (χ0) is 66.6. The highest BCUT2D eigenvalue weighted by Gasteiger charge is 2.97. The molecule has 0 aliphatic rings. The highest BCUT2D eigenvalue weighted by molar-refractivity contribution is 5.18. The van der Waals surface area contributed by atoms with Gasteiger partial charge in [-0.3, -0.25) is 0 Å². The zero-order valence-electron chi connectivity index (χ0n) is 47.6. The van der Waals surface area contributed by atoms with Crippen molar-refractivity contribution in [3.05, 3.63) is 0 Å². The van der Waals surface area contributed by atoms with Crippen LogP contribution in [-0.2, 0) is 85.3 Å². The molecular weight excluding hydrogens is 1280 g/mol. The van der Waals surface area contributed by atoms with Gasteiger partial charge in [-0.15, -0.1) is 0 Å². The summed E-state index contributed by atoms with van der Waals surface area (Å²) in [6.45, 7) is 7.18. The van der Waals surface area contributed by atoms with Crippen LogP contribution in [0.3, 0.4) is 0 Å². The van der Waals surface area contributed by atoms with Gasteiger partial charge in [0.05, 0.1) is 244 Å². The summed E-state index contributed by atoms with van der Waals surface area (Å²) < 4.78 is 379. The Morgan fingerprint density at radius 1 is 0.159 bits per heavy atom. The molecule has 0 unspecified atom stereocenters. The van der Waals surface area contributed by atoms with Gasteiger partial charge in [0.1, 0.15) is 0 Å². The predicted molar refractivity (Wildman–Crippen MR) is 257 cm³/mol. The van der Waals surface area contributed by atoms with Crippen LogP contribution in [0.5, 0.6) is 0 Å². The number of rotatable bonds is 64. The molecule has 0 fully saturated rings. The van der Waals surface area contributed by atoms with Gasteiger partial charge < -0.3 is 90.4 Å². The van der Waals surface area contributed by atoms with E-state index in [1.807, 2.05) is 0 Å². The van der Waals surface area contributed by atoms with Crippen LogP contribution >= 0.6 is 0 Å². The van der Waals surface area contributed by atoms with Crippen molar-refractivity contribution in [1.29, 1.82) is 0 Å². The molecule has 0 radical (unpaired) electrons.